The van der Waals surface area contributed by atoms with E-state index in [0.717, 1.165) is 25.9 Å². The van der Waals surface area contributed by atoms with E-state index in [1.54, 1.807) is 13.8 Å². The summed E-state index contributed by atoms with van der Waals surface area (Å²) in [6.45, 7) is 15.0. The van der Waals surface area contributed by atoms with E-state index >= 15 is 0 Å². The highest BCUT2D eigenvalue weighted by Crippen LogP contribution is 2.25. The van der Waals surface area contributed by atoms with Gasteiger partial charge in [0.2, 0.25) is 0 Å². The Morgan fingerprint density at radius 3 is 2.38 bits per heavy atom. The van der Waals surface area contributed by atoms with E-state index in [1.165, 1.54) is 0 Å². The molecule has 0 aliphatic carbocycles. The Morgan fingerprint density at radius 1 is 1.29 bits per heavy atom. The summed E-state index contributed by atoms with van der Waals surface area (Å²) >= 11 is 0. The lowest BCUT2D eigenvalue weighted by molar-refractivity contribution is 0.0418. The average Bonchev–Trinajstić information content (AvgIpc) is 2.45. The van der Waals surface area contributed by atoms with Gasteiger partial charge in [0.05, 0.1) is 11.0 Å². The van der Waals surface area contributed by atoms with Gasteiger partial charge in [0.25, 0.3) is 0 Å². The van der Waals surface area contributed by atoms with Crippen molar-refractivity contribution >= 4 is 9.84 Å². The highest BCUT2D eigenvalue weighted by Gasteiger charge is 2.38. The van der Waals surface area contributed by atoms with Gasteiger partial charge < -0.3 is 5.32 Å². The lowest BCUT2D eigenvalue weighted by atomic mass is 9.88. The van der Waals surface area contributed by atoms with Crippen LogP contribution in [0.5, 0.6) is 0 Å². The molecule has 1 N–H and O–H groups in total. The van der Waals surface area contributed by atoms with Crippen LogP contribution in [-0.4, -0.2) is 55.5 Å². The van der Waals surface area contributed by atoms with E-state index in [4.69, 9.17) is 0 Å². The molecule has 1 heterocycles. The van der Waals surface area contributed by atoms with Gasteiger partial charge in [-0.15, -0.1) is 0 Å². The van der Waals surface area contributed by atoms with E-state index in [1.807, 2.05) is 0 Å². The minimum Gasteiger partial charge on any atom is -0.311 e. The molecule has 0 spiro atoms. The average molecular weight is 319 g/mol. The fourth-order valence-corrected chi connectivity index (χ4v) is 3.78. The van der Waals surface area contributed by atoms with Crippen molar-refractivity contribution in [1.29, 1.82) is 0 Å². The Kier molecular flexibility index (Phi) is 6.69. The van der Waals surface area contributed by atoms with Crippen molar-refractivity contribution in [1.82, 2.24) is 10.2 Å². The normalized spacial score (nSPS) is 29.8. The van der Waals surface area contributed by atoms with Crippen molar-refractivity contribution in [2.75, 3.05) is 25.4 Å². The smallest absolute Gasteiger partial charge is 0.153 e. The third kappa shape index (κ3) is 4.67. The number of hydrogen-bond donors (Lipinski definition) is 1. The van der Waals surface area contributed by atoms with Crippen LogP contribution in [0.3, 0.4) is 0 Å². The number of nitrogens with one attached hydrogen (secondary N) is 1. The zero-order valence-electron chi connectivity index (χ0n) is 14.6. The number of hydrogen-bond acceptors (Lipinski definition) is 4. The fraction of sp³-hybridized carbons (Fsp3) is 1.00. The predicted molar refractivity (Wildman–Crippen MR) is 90.4 cm³/mol. The van der Waals surface area contributed by atoms with E-state index in [9.17, 15) is 8.42 Å². The molecule has 126 valence electrons. The van der Waals surface area contributed by atoms with Gasteiger partial charge in [0.1, 0.15) is 0 Å². The minimum atomic E-state index is -2.96. The second-order valence-corrected chi connectivity index (χ2v) is 9.76. The standard InChI is InChI=1S/C16H34N2O2S/c1-7-14(5)15-11-18(16(6,8-2)12-17-15)9-10-21(19,20)13(3)4/h13-15,17H,7-12H2,1-6H3. The van der Waals surface area contributed by atoms with Crippen LogP contribution in [0.1, 0.15) is 54.4 Å². The molecule has 1 saturated heterocycles. The summed E-state index contributed by atoms with van der Waals surface area (Å²) in [7, 11) is -2.96. The Balaban J connectivity index is 2.77. The summed E-state index contributed by atoms with van der Waals surface area (Å²) in [5.74, 6) is 0.892. The molecule has 1 rings (SSSR count). The topological polar surface area (TPSA) is 49.4 Å². The lowest BCUT2D eigenvalue weighted by Crippen LogP contribution is -2.65. The van der Waals surface area contributed by atoms with Crippen molar-refractivity contribution in [3.63, 3.8) is 0 Å². The molecular formula is C16H34N2O2S. The molecule has 0 saturated carbocycles. The minimum absolute atomic E-state index is 0.0659. The van der Waals surface area contributed by atoms with Gasteiger partial charge in [0, 0.05) is 31.2 Å². The second kappa shape index (κ2) is 7.42. The molecule has 3 atom stereocenters. The summed E-state index contributed by atoms with van der Waals surface area (Å²) in [6, 6.07) is 0.469. The predicted octanol–water partition coefficient (Wildman–Crippen LogP) is 2.30. The SMILES string of the molecule is CCC(C)C1CN(CCS(=O)(=O)C(C)C)C(C)(CC)CN1. The first-order chi connectivity index (χ1) is 9.66. The van der Waals surface area contributed by atoms with Crippen LogP contribution in [0.2, 0.25) is 0 Å². The zero-order valence-corrected chi connectivity index (χ0v) is 15.5. The van der Waals surface area contributed by atoms with E-state index in [-0.39, 0.29) is 16.5 Å². The summed E-state index contributed by atoms with van der Waals surface area (Å²) < 4.78 is 24.2. The zero-order chi connectivity index (χ0) is 16.3. The Morgan fingerprint density at radius 2 is 1.90 bits per heavy atom. The third-order valence-corrected chi connectivity index (χ3v) is 7.57. The molecule has 21 heavy (non-hydrogen) atoms. The fourth-order valence-electron chi connectivity index (χ4n) is 2.83. The lowest BCUT2D eigenvalue weighted by Gasteiger charge is -2.49. The van der Waals surface area contributed by atoms with Crippen LogP contribution in [0.15, 0.2) is 0 Å². The molecule has 0 bridgehead atoms. The molecule has 4 nitrogen and oxygen atoms in total. The van der Waals surface area contributed by atoms with Crippen LogP contribution in [0, 0.1) is 5.92 Å². The maximum atomic E-state index is 12.1. The molecule has 0 aromatic carbocycles. The van der Waals surface area contributed by atoms with Gasteiger partial charge >= 0.3 is 0 Å². The van der Waals surface area contributed by atoms with Crippen LogP contribution in [-0.2, 0) is 9.84 Å². The first-order valence-electron chi connectivity index (χ1n) is 8.36. The van der Waals surface area contributed by atoms with Crippen LogP contribution in [0.25, 0.3) is 0 Å². The Hall–Kier alpha value is -0.130. The first-order valence-corrected chi connectivity index (χ1v) is 10.1. The van der Waals surface area contributed by atoms with E-state index < -0.39 is 9.84 Å². The maximum Gasteiger partial charge on any atom is 0.153 e. The summed E-state index contributed by atoms with van der Waals surface area (Å²) in [4.78, 5) is 2.40. The molecule has 0 amide bonds. The van der Waals surface area contributed by atoms with Crippen LogP contribution >= 0.6 is 0 Å². The monoisotopic (exact) mass is 318 g/mol. The van der Waals surface area contributed by atoms with Crippen LogP contribution in [0.4, 0.5) is 0 Å². The summed E-state index contributed by atoms with van der Waals surface area (Å²) in [5.41, 5.74) is 0.0659. The van der Waals surface area contributed by atoms with Crippen LogP contribution < -0.4 is 5.32 Å². The second-order valence-electron chi connectivity index (χ2n) is 7.09. The third-order valence-electron chi connectivity index (χ3n) is 5.38. The van der Waals surface area contributed by atoms with Gasteiger partial charge in [-0.05, 0) is 33.1 Å². The molecule has 0 aromatic heterocycles. The van der Waals surface area contributed by atoms with Gasteiger partial charge in [-0.25, -0.2) is 8.42 Å². The van der Waals surface area contributed by atoms with Gasteiger partial charge in [-0.2, -0.15) is 0 Å². The molecule has 1 fully saturated rings. The van der Waals surface area contributed by atoms with Crippen molar-refractivity contribution in [2.45, 2.75) is 71.2 Å². The van der Waals surface area contributed by atoms with E-state index in [2.05, 4.69) is 37.9 Å². The number of rotatable bonds is 7. The largest absolute Gasteiger partial charge is 0.311 e. The number of piperazine rings is 1. The van der Waals surface area contributed by atoms with Crippen molar-refractivity contribution < 1.29 is 8.42 Å². The number of nitrogens with zero attached hydrogens (tertiary/aromatic N) is 1. The molecule has 0 radical (unpaired) electrons. The van der Waals surface area contributed by atoms with E-state index in [0.29, 0.717) is 18.5 Å². The highest BCUT2D eigenvalue weighted by molar-refractivity contribution is 7.92. The van der Waals surface area contributed by atoms with Crippen molar-refractivity contribution in [3.8, 4) is 0 Å². The molecule has 0 aromatic rings. The van der Waals surface area contributed by atoms with Gasteiger partial charge in [-0.3, -0.25) is 4.90 Å². The Bertz CT molecular complexity index is 422. The van der Waals surface area contributed by atoms with Crippen molar-refractivity contribution in [3.05, 3.63) is 0 Å². The number of sulfone groups is 1. The Labute approximate surface area is 131 Å². The van der Waals surface area contributed by atoms with Gasteiger partial charge in [0.15, 0.2) is 9.84 Å². The molecule has 1 aliphatic rings. The molecule has 3 unspecified atom stereocenters. The molecule has 5 heteroatoms. The first kappa shape index (κ1) is 18.9. The highest BCUT2D eigenvalue weighted by atomic mass is 32.2. The quantitative estimate of drug-likeness (QED) is 0.782. The summed E-state index contributed by atoms with van der Waals surface area (Å²) in [6.07, 6.45) is 2.19. The van der Waals surface area contributed by atoms with Crippen molar-refractivity contribution in [2.24, 2.45) is 5.92 Å². The summed E-state index contributed by atoms with van der Waals surface area (Å²) in [5, 5.41) is 3.39. The molecular weight excluding hydrogens is 284 g/mol. The van der Waals surface area contributed by atoms with Gasteiger partial charge in [-0.1, -0.05) is 27.2 Å². The molecule has 1 aliphatic heterocycles. The maximum absolute atomic E-state index is 12.1.